The lowest BCUT2D eigenvalue weighted by molar-refractivity contribution is -0.676. The second-order valence-electron chi connectivity index (χ2n) is 6.94. The van der Waals surface area contributed by atoms with E-state index in [1.54, 1.807) is 18.4 Å². The van der Waals surface area contributed by atoms with E-state index in [2.05, 4.69) is 59.3 Å². The summed E-state index contributed by atoms with van der Waals surface area (Å²) in [5.74, 6) is 0.910. The van der Waals surface area contributed by atoms with Crippen molar-refractivity contribution < 1.29 is 14.8 Å². The van der Waals surface area contributed by atoms with Gasteiger partial charge in [-0.3, -0.25) is 4.79 Å². The Balaban J connectivity index is 1.55. The number of carbonyl (C=O) groups is 1. The molecule has 29 heavy (non-hydrogen) atoms. The van der Waals surface area contributed by atoms with Crippen molar-refractivity contribution in [3.05, 3.63) is 87.6 Å². The first-order valence-corrected chi connectivity index (χ1v) is 10.9. The molecule has 1 atom stereocenters. The highest BCUT2D eigenvalue weighted by Gasteiger charge is 2.20. The van der Waals surface area contributed by atoms with E-state index in [1.165, 1.54) is 16.0 Å². The van der Waals surface area contributed by atoms with Crippen molar-refractivity contribution in [2.75, 3.05) is 20.2 Å². The minimum Gasteiger partial charge on any atom is -0.496 e. The number of methoxy groups -OCH3 is 1. The molecule has 3 N–H and O–H groups in total. The van der Waals surface area contributed by atoms with E-state index in [-0.39, 0.29) is 11.9 Å². The van der Waals surface area contributed by atoms with Crippen LogP contribution in [0.5, 0.6) is 5.75 Å². The molecule has 1 heterocycles. The van der Waals surface area contributed by atoms with E-state index in [1.807, 2.05) is 24.3 Å². The summed E-state index contributed by atoms with van der Waals surface area (Å²) in [6.07, 6.45) is 1.78. The van der Waals surface area contributed by atoms with E-state index in [4.69, 9.17) is 4.74 Å². The van der Waals surface area contributed by atoms with Crippen LogP contribution in [-0.4, -0.2) is 26.1 Å². The van der Waals surface area contributed by atoms with Crippen molar-refractivity contribution in [2.24, 2.45) is 0 Å². The molecule has 2 aromatic carbocycles. The van der Waals surface area contributed by atoms with Crippen LogP contribution in [0.4, 0.5) is 0 Å². The molecule has 0 radical (unpaired) electrons. The average molecular weight is 410 g/mol. The third-order valence-electron chi connectivity index (χ3n) is 5.04. The van der Waals surface area contributed by atoms with Crippen LogP contribution in [0.1, 0.15) is 34.5 Å². The topological polar surface area (TPSA) is 54.9 Å². The predicted molar refractivity (Wildman–Crippen MR) is 118 cm³/mol. The highest BCUT2D eigenvalue weighted by atomic mass is 32.1. The summed E-state index contributed by atoms with van der Waals surface area (Å²) in [6, 6.07) is 21.0. The second-order valence-corrected chi connectivity index (χ2v) is 7.92. The van der Waals surface area contributed by atoms with E-state index in [0.29, 0.717) is 13.1 Å². The smallest absolute Gasteiger partial charge is 0.275 e. The normalized spacial score (nSPS) is 11.8. The molecule has 0 saturated carbocycles. The van der Waals surface area contributed by atoms with Crippen LogP contribution in [0.2, 0.25) is 0 Å². The Morgan fingerprint density at radius 2 is 1.90 bits per heavy atom. The SMILES string of the molecule is CCc1ccc([C@H]([NH2+]CC(=O)NCCc2ccccc2OC)c2cccs2)cc1. The summed E-state index contributed by atoms with van der Waals surface area (Å²) in [6.45, 7) is 3.15. The number of rotatable bonds is 10. The lowest BCUT2D eigenvalue weighted by Crippen LogP contribution is -2.87. The summed E-state index contributed by atoms with van der Waals surface area (Å²) in [5, 5.41) is 7.23. The van der Waals surface area contributed by atoms with E-state index < -0.39 is 0 Å². The van der Waals surface area contributed by atoms with Gasteiger partial charge in [-0.15, -0.1) is 11.3 Å². The van der Waals surface area contributed by atoms with E-state index >= 15 is 0 Å². The molecule has 0 saturated heterocycles. The van der Waals surface area contributed by atoms with Crippen LogP contribution in [-0.2, 0) is 17.6 Å². The van der Waals surface area contributed by atoms with E-state index in [9.17, 15) is 4.79 Å². The Kier molecular flexibility index (Phi) is 7.85. The number of amides is 1. The fourth-order valence-corrected chi connectivity index (χ4v) is 4.24. The number of quaternary nitrogens is 1. The highest BCUT2D eigenvalue weighted by Crippen LogP contribution is 2.23. The van der Waals surface area contributed by atoms with Crippen molar-refractivity contribution in [3.63, 3.8) is 0 Å². The van der Waals surface area contributed by atoms with E-state index in [0.717, 1.165) is 24.2 Å². The molecule has 0 unspecified atom stereocenters. The van der Waals surface area contributed by atoms with Gasteiger partial charge in [-0.05, 0) is 41.5 Å². The molecule has 0 fully saturated rings. The number of para-hydroxylation sites is 1. The van der Waals surface area contributed by atoms with Crippen LogP contribution >= 0.6 is 11.3 Å². The van der Waals surface area contributed by atoms with Crippen molar-refractivity contribution in [1.82, 2.24) is 5.32 Å². The molecule has 4 nitrogen and oxygen atoms in total. The highest BCUT2D eigenvalue weighted by molar-refractivity contribution is 7.10. The van der Waals surface area contributed by atoms with Crippen molar-refractivity contribution in [3.8, 4) is 5.75 Å². The molecule has 5 heteroatoms. The first kappa shape index (κ1) is 21.1. The number of ether oxygens (including phenoxy) is 1. The number of aryl methyl sites for hydroxylation is 1. The van der Waals surface area contributed by atoms with Crippen LogP contribution in [0.25, 0.3) is 0 Å². The Morgan fingerprint density at radius 3 is 2.59 bits per heavy atom. The first-order chi connectivity index (χ1) is 14.2. The van der Waals surface area contributed by atoms with Gasteiger partial charge >= 0.3 is 0 Å². The largest absolute Gasteiger partial charge is 0.496 e. The minimum atomic E-state index is 0.0478. The third-order valence-corrected chi connectivity index (χ3v) is 6.00. The van der Waals surface area contributed by atoms with Gasteiger partial charge in [0.15, 0.2) is 6.54 Å². The predicted octanol–water partition coefficient (Wildman–Crippen LogP) is 3.33. The maximum absolute atomic E-state index is 12.4. The monoisotopic (exact) mass is 409 g/mol. The quantitative estimate of drug-likeness (QED) is 0.540. The second kappa shape index (κ2) is 10.8. The minimum absolute atomic E-state index is 0.0478. The summed E-state index contributed by atoms with van der Waals surface area (Å²) >= 11 is 1.73. The summed E-state index contributed by atoms with van der Waals surface area (Å²) < 4.78 is 5.37. The van der Waals surface area contributed by atoms with Gasteiger partial charge < -0.3 is 15.4 Å². The molecule has 0 spiro atoms. The van der Waals surface area contributed by atoms with Gasteiger partial charge in [0, 0.05) is 12.1 Å². The number of benzene rings is 2. The fourth-order valence-electron chi connectivity index (χ4n) is 3.39. The van der Waals surface area contributed by atoms with Gasteiger partial charge in [-0.25, -0.2) is 0 Å². The standard InChI is InChI=1S/C24H28N2O2S/c1-3-18-10-12-20(13-11-18)24(22-9-6-16-29-22)26-17-23(27)25-15-14-19-7-4-5-8-21(19)28-2/h4-13,16,24,26H,3,14-15,17H2,1-2H3,(H,25,27)/p+1/t24-/m0/s1. The van der Waals surface area contributed by atoms with Crippen LogP contribution in [0, 0.1) is 0 Å². The molecule has 1 amide bonds. The average Bonchev–Trinajstić information content (AvgIpc) is 3.29. The van der Waals surface area contributed by atoms with Gasteiger partial charge in [0.2, 0.25) is 0 Å². The Hall–Kier alpha value is -2.63. The maximum Gasteiger partial charge on any atom is 0.275 e. The van der Waals surface area contributed by atoms with Crippen LogP contribution in [0.15, 0.2) is 66.0 Å². The number of thiophene rings is 1. The Morgan fingerprint density at radius 1 is 1.10 bits per heavy atom. The summed E-state index contributed by atoms with van der Waals surface area (Å²) in [4.78, 5) is 13.7. The molecule has 3 rings (SSSR count). The molecule has 0 bridgehead atoms. The number of nitrogens with two attached hydrogens (primary N) is 1. The molecule has 3 aromatic rings. The number of hydrogen-bond donors (Lipinski definition) is 2. The molecular formula is C24H29N2O2S+. The van der Waals surface area contributed by atoms with Gasteiger partial charge in [0.05, 0.1) is 12.0 Å². The fraction of sp³-hybridized carbons (Fsp3) is 0.292. The third kappa shape index (κ3) is 5.92. The molecule has 0 aliphatic carbocycles. The van der Waals surface area contributed by atoms with Crippen LogP contribution < -0.4 is 15.4 Å². The van der Waals surface area contributed by atoms with Crippen molar-refractivity contribution in [1.29, 1.82) is 0 Å². The lowest BCUT2D eigenvalue weighted by atomic mass is 10.0. The Bertz CT molecular complexity index is 892. The summed E-state index contributed by atoms with van der Waals surface area (Å²) in [7, 11) is 1.67. The van der Waals surface area contributed by atoms with Crippen molar-refractivity contribution in [2.45, 2.75) is 25.8 Å². The maximum atomic E-state index is 12.4. The first-order valence-electron chi connectivity index (χ1n) is 10.1. The van der Waals surface area contributed by atoms with Gasteiger partial charge in [0.1, 0.15) is 11.8 Å². The molecule has 1 aromatic heterocycles. The van der Waals surface area contributed by atoms with Crippen molar-refractivity contribution >= 4 is 17.2 Å². The summed E-state index contributed by atoms with van der Waals surface area (Å²) in [5.41, 5.74) is 3.66. The number of hydrogen-bond acceptors (Lipinski definition) is 3. The Labute approximate surface area is 176 Å². The van der Waals surface area contributed by atoms with Gasteiger partial charge in [-0.2, -0.15) is 0 Å². The number of nitrogens with one attached hydrogen (secondary N) is 1. The zero-order valence-corrected chi connectivity index (χ0v) is 17.9. The zero-order valence-electron chi connectivity index (χ0n) is 17.1. The van der Waals surface area contributed by atoms with Crippen LogP contribution in [0.3, 0.4) is 0 Å². The molecule has 152 valence electrons. The zero-order chi connectivity index (χ0) is 20.5. The molecular weight excluding hydrogens is 380 g/mol. The lowest BCUT2D eigenvalue weighted by Gasteiger charge is -2.15. The molecule has 0 aliphatic rings. The van der Waals surface area contributed by atoms with Gasteiger partial charge in [-0.1, -0.05) is 55.5 Å². The number of carbonyl (C=O) groups excluding carboxylic acids is 1. The molecule has 0 aliphatic heterocycles. The van der Waals surface area contributed by atoms with Gasteiger partial charge in [0.25, 0.3) is 5.91 Å².